The third kappa shape index (κ3) is 10.2. The van der Waals surface area contributed by atoms with Gasteiger partial charge in [0.05, 0.1) is 0 Å². The molecule has 19 rings (SSSR count). The zero-order valence-electron chi connectivity index (χ0n) is 54.0. The average molecular weight is 1240 g/mol. The third-order valence-corrected chi connectivity index (χ3v) is 20.1. The van der Waals surface area contributed by atoms with Crippen molar-refractivity contribution in [2.24, 2.45) is 0 Å². The van der Waals surface area contributed by atoms with E-state index in [4.69, 9.17) is 0 Å². The van der Waals surface area contributed by atoms with Crippen LogP contribution in [-0.4, -0.2) is 0 Å². The van der Waals surface area contributed by atoms with Gasteiger partial charge in [0, 0.05) is 0 Å². The molecule has 0 bridgehead atoms. The van der Waals surface area contributed by atoms with Gasteiger partial charge in [0.25, 0.3) is 0 Å². The van der Waals surface area contributed by atoms with Crippen molar-refractivity contribution in [1.82, 2.24) is 0 Å². The molecule has 0 fully saturated rings. The highest BCUT2D eigenvalue weighted by Gasteiger charge is 2.23. The van der Waals surface area contributed by atoms with E-state index in [-0.39, 0.29) is 0 Å². The van der Waals surface area contributed by atoms with Gasteiger partial charge in [-0.1, -0.05) is 370 Å². The van der Waals surface area contributed by atoms with E-state index in [1.165, 1.54) is 186 Å². The summed E-state index contributed by atoms with van der Waals surface area (Å²) in [6.45, 7) is 0. The molecule has 19 aromatic rings. The van der Waals surface area contributed by atoms with E-state index in [0.29, 0.717) is 0 Å². The summed E-state index contributed by atoms with van der Waals surface area (Å²) in [6, 6.07) is 142. The summed E-state index contributed by atoms with van der Waals surface area (Å²) < 4.78 is 0. The Balaban J connectivity index is 0.000000152. The highest BCUT2D eigenvalue weighted by molar-refractivity contribution is 6.26. The molecule has 98 heavy (non-hydrogen) atoms. The molecule has 0 N–H and O–H groups in total. The van der Waals surface area contributed by atoms with Crippen LogP contribution in [-0.2, 0) is 0 Å². The lowest BCUT2D eigenvalue weighted by molar-refractivity contribution is 1.60. The topological polar surface area (TPSA) is 0 Å². The fourth-order valence-corrected chi connectivity index (χ4v) is 15.7. The minimum Gasteiger partial charge on any atom is -0.0622 e. The Morgan fingerprint density at radius 2 is 0.347 bits per heavy atom. The fourth-order valence-electron chi connectivity index (χ4n) is 15.7. The normalized spacial score (nSPS) is 11.5. The lowest BCUT2D eigenvalue weighted by Crippen LogP contribution is -1.93. The first kappa shape index (κ1) is 57.9. The third-order valence-electron chi connectivity index (χ3n) is 20.1. The van der Waals surface area contributed by atoms with E-state index in [1.807, 2.05) is 0 Å². The molecule has 0 saturated heterocycles. The van der Waals surface area contributed by atoms with Crippen LogP contribution in [0.1, 0.15) is 0 Å². The molecule has 19 aromatic carbocycles. The second kappa shape index (κ2) is 24.9. The Kier molecular flexibility index (Phi) is 14.7. The van der Waals surface area contributed by atoms with E-state index < -0.39 is 0 Å². The Hall–Kier alpha value is -12.7. The first-order valence-corrected chi connectivity index (χ1v) is 34.0. The van der Waals surface area contributed by atoms with E-state index in [0.717, 1.165) is 0 Å². The second-order valence-corrected chi connectivity index (χ2v) is 25.6. The van der Waals surface area contributed by atoms with Gasteiger partial charge in [-0.25, -0.2) is 0 Å². The number of hydrogen-bond acceptors (Lipinski definition) is 0. The SMILES string of the molecule is c1ccc(-c2ccc3c(-c4ccc5ccccc5c4)c4ccccc4c(-c4ccc5ccccc5c4)c3c2)cc1.c1ccc(-c2ccccc2-c2c3ccccc3c(-c3ccc(-c4c5ccccc5c(-c5ccccc5-c5ccccc5)c5ccccc45)cc3)c3ccccc23)cc1. The Labute approximate surface area is 570 Å². The number of rotatable bonds is 9. The molecule has 0 aromatic heterocycles. The van der Waals surface area contributed by atoms with Crippen LogP contribution in [0, 0.1) is 0 Å². The van der Waals surface area contributed by atoms with Crippen LogP contribution in [0.25, 0.3) is 186 Å². The maximum atomic E-state index is 2.40. The smallest absolute Gasteiger partial charge is 0.00201 e. The predicted octanol–water partition coefficient (Wildman–Crippen LogP) is 27.6. The molecule has 0 radical (unpaired) electrons. The molecule has 0 aliphatic rings. The molecule has 0 unspecified atom stereocenters. The first-order chi connectivity index (χ1) is 48.7. The highest BCUT2D eigenvalue weighted by atomic mass is 14.3. The van der Waals surface area contributed by atoms with Gasteiger partial charge in [-0.15, -0.1) is 0 Å². The Morgan fingerprint density at radius 1 is 0.102 bits per heavy atom. The molecule has 0 atom stereocenters. The molecule has 0 saturated carbocycles. The molecule has 456 valence electrons. The van der Waals surface area contributed by atoms with Crippen molar-refractivity contribution in [1.29, 1.82) is 0 Å². The molecule has 0 heterocycles. The predicted molar refractivity (Wildman–Crippen MR) is 422 cm³/mol. The summed E-state index contributed by atoms with van der Waals surface area (Å²) in [5, 5.41) is 20.2. The van der Waals surface area contributed by atoms with Gasteiger partial charge >= 0.3 is 0 Å². The lowest BCUT2D eigenvalue weighted by atomic mass is 9.82. The quantitative estimate of drug-likeness (QED) is 0.126. The molecular formula is C98H64. The fraction of sp³-hybridized carbons (Fsp3) is 0. The maximum Gasteiger partial charge on any atom is -0.00201 e. The number of benzene rings is 19. The van der Waals surface area contributed by atoms with Crippen molar-refractivity contribution in [3.05, 3.63) is 388 Å². The van der Waals surface area contributed by atoms with Gasteiger partial charge in [-0.3, -0.25) is 0 Å². The molecule has 0 heteroatoms. The molecule has 0 amide bonds. The van der Waals surface area contributed by atoms with Crippen LogP contribution in [0.2, 0.25) is 0 Å². The Bertz CT molecular complexity index is 5920. The van der Waals surface area contributed by atoms with Crippen molar-refractivity contribution in [2.45, 2.75) is 0 Å². The standard InChI is InChI=1S/C58H38.C40H26/c1-3-19-39(20-4-1)43-23-7-9-25-45(43)57-51-31-15-11-27-47(51)55(48-28-12-16-32-52(48)57)41-35-37-42(38-36-41)56-49-29-13-17-33-53(49)58(54-34-18-14-30-50(54)56)46-26-10-8-24-44(46)40-21-5-2-6-22-40;1-2-10-27(11-3-1)32-22-23-37-38(26-32)40(34-21-19-29-13-5-7-15-31(29)25-34)36-17-9-8-16-35(36)39(37)33-20-18-28-12-4-6-14-30(28)24-33/h1-38H;1-26H. The average Bonchev–Trinajstić information content (AvgIpc) is 0.740. The van der Waals surface area contributed by atoms with Crippen molar-refractivity contribution in [2.75, 3.05) is 0 Å². The van der Waals surface area contributed by atoms with Gasteiger partial charge < -0.3 is 0 Å². The maximum absolute atomic E-state index is 2.40. The van der Waals surface area contributed by atoms with Gasteiger partial charge in [-0.2, -0.15) is 0 Å². The van der Waals surface area contributed by atoms with E-state index in [1.54, 1.807) is 0 Å². The molecule has 0 aliphatic heterocycles. The second-order valence-electron chi connectivity index (χ2n) is 25.6. The van der Waals surface area contributed by atoms with Crippen LogP contribution in [0.15, 0.2) is 388 Å². The lowest BCUT2D eigenvalue weighted by Gasteiger charge is -2.21. The first-order valence-electron chi connectivity index (χ1n) is 34.0. The van der Waals surface area contributed by atoms with E-state index >= 15 is 0 Å². The van der Waals surface area contributed by atoms with Crippen molar-refractivity contribution in [3.8, 4) is 100 Å². The van der Waals surface area contributed by atoms with E-state index in [2.05, 4.69) is 388 Å². The zero-order valence-corrected chi connectivity index (χ0v) is 54.0. The van der Waals surface area contributed by atoms with Gasteiger partial charge in [-0.05, 0) is 205 Å². The number of hydrogen-bond donors (Lipinski definition) is 0. The summed E-state index contributed by atoms with van der Waals surface area (Å²) in [7, 11) is 0. The van der Waals surface area contributed by atoms with Gasteiger partial charge in [0.15, 0.2) is 0 Å². The summed E-state index contributed by atoms with van der Waals surface area (Å²) in [6.07, 6.45) is 0. The van der Waals surface area contributed by atoms with Crippen LogP contribution in [0.5, 0.6) is 0 Å². The van der Waals surface area contributed by atoms with Crippen molar-refractivity contribution < 1.29 is 0 Å². The van der Waals surface area contributed by atoms with Crippen LogP contribution < -0.4 is 0 Å². The van der Waals surface area contributed by atoms with Crippen LogP contribution in [0.4, 0.5) is 0 Å². The number of fused-ring (bicyclic) bond motifs is 8. The summed E-state index contributed by atoms with van der Waals surface area (Å²) in [5.41, 5.74) is 22.5. The van der Waals surface area contributed by atoms with Crippen LogP contribution in [0.3, 0.4) is 0 Å². The van der Waals surface area contributed by atoms with Crippen molar-refractivity contribution in [3.63, 3.8) is 0 Å². The van der Waals surface area contributed by atoms with Crippen molar-refractivity contribution >= 4 is 86.2 Å². The van der Waals surface area contributed by atoms with Crippen LogP contribution >= 0.6 is 0 Å². The van der Waals surface area contributed by atoms with E-state index in [9.17, 15) is 0 Å². The van der Waals surface area contributed by atoms with Gasteiger partial charge in [0.1, 0.15) is 0 Å². The minimum atomic E-state index is 1.21. The molecule has 0 spiro atoms. The molecule has 0 nitrogen and oxygen atoms in total. The monoisotopic (exact) mass is 1240 g/mol. The molecular weight excluding hydrogens is 1180 g/mol. The van der Waals surface area contributed by atoms with Gasteiger partial charge in [0.2, 0.25) is 0 Å². The summed E-state index contributed by atoms with van der Waals surface area (Å²) in [4.78, 5) is 0. The minimum absolute atomic E-state index is 1.21. The Morgan fingerprint density at radius 3 is 0.714 bits per heavy atom. The zero-order chi connectivity index (χ0) is 64.9. The summed E-state index contributed by atoms with van der Waals surface area (Å²) >= 11 is 0. The largest absolute Gasteiger partial charge is 0.0622 e. The summed E-state index contributed by atoms with van der Waals surface area (Å²) in [5.74, 6) is 0. The highest BCUT2D eigenvalue weighted by Crippen LogP contribution is 2.51. The molecule has 0 aliphatic carbocycles.